The topological polar surface area (TPSA) is 37.4 Å². The summed E-state index contributed by atoms with van der Waals surface area (Å²) in [4.78, 5) is 24.3. The molecule has 17 heavy (non-hydrogen) atoms. The summed E-state index contributed by atoms with van der Waals surface area (Å²) in [6.45, 7) is 1.19. The first kappa shape index (κ1) is 11.8. The SMILES string of the molecule is O=CC1CCN(C(=O)c2ccc(F)cc2)CC1. The molecular weight excluding hydrogens is 221 g/mol. The lowest BCUT2D eigenvalue weighted by atomic mass is 9.98. The van der Waals surface area contributed by atoms with E-state index in [9.17, 15) is 14.0 Å². The van der Waals surface area contributed by atoms with Crippen molar-refractivity contribution < 1.29 is 14.0 Å². The molecule has 1 saturated heterocycles. The van der Waals surface area contributed by atoms with Gasteiger partial charge in [-0.2, -0.15) is 0 Å². The molecule has 1 aliphatic heterocycles. The van der Waals surface area contributed by atoms with Gasteiger partial charge in [-0.15, -0.1) is 0 Å². The maximum absolute atomic E-state index is 12.7. The van der Waals surface area contributed by atoms with Gasteiger partial charge in [0.25, 0.3) is 5.91 Å². The molecular formula is C13H14FNO2. The Labute approximate surface area is 99.2 Å². The largest absolute Gasteiger partial charge is 0.339 e. The highest BCUT2D eigenvalue weighted by molar-refractivity contribution is 5.94. The molecule has 0 aliphatic carbocycles. The Morgan fingerprint density at radius 3 is 2.35 bits per heavy atom. The maximum Gasteiger partial charge on any atom is 0.253 e. The van der Waals surface area contributed by atoms with Crippen molar-refractivity contribution in [2.45, 2.75) is 12.8 Å². The fourth-order valence-corrected chi connectivity index (χ4v) is 2.01. The van der Waals surface area contributed by atoms with Crippen LogP contribution in [0.1, 0.15) is 23.2 Å². The highest BCUT2D eigenvalue weighted by Gasteiger charge is 2.23. The van der Waals surface area contributed by atoms with Gasteiger partial charge in [0.05, 0.1) is 0 Å². The van der Waals surface area contributed by atoms with Gasteiger partial charge < -0.3 is 9.69 Å². The molecule has 2 rings (SSSR count). The summed E-state index contributed by atoms with van der Waals surface area (Å²) in [5.41, 5.74) is 0.496. The second-order valence-corrected chi connectivity index (χ2v) is 4.27. The second kappa shape index (κ2) is 5.08. The Kier molecular flexibility index (Phi) is 3.52. The number of carbonyl (C=O) groups excluding carboxylic acids is 2. The van der Waals surface area contributed by atoms with E-state index in [2.05, 4.69) is 0 Å². The van der Waals surface area contributed by atoms with Gasteiger partial charge in [-0.25, -0.2) is 4.39 Å². The van der Waals surface area contributed by atoms with E-state index in [-0.39, 0.29) is 17.6 Å². The van der Waals surface area contributed by atoms with E-state index < -0.39 is 0 Å². The Hall–Kier alpha value is -1.71. The van der Waals surface area contributed by atoms with Crippen molar-refractivity contribution >= 4 is 12.2 Å². The van der Waals surface area contributed by atoms with E-state index >= 15 is 0 Å². The predicted molar refractivity (Wildman–Crippen MR) is 61.1 cm³/mol. The van der Waals surface area contributed by atoms with Crippen LogP contribution in [0.15, 0.2) is 24.3 Å². The number of nitrogens with zero attached hydrogens (tertiary/aromatic N) is 1. The van der Waals surface area contributed by atoms with Crippen molar-refractivity contribution in [3.63, 3.8) is 0 Å². The fraction of sp³-hybridized carbons (Fsp3) is 0.385. The van der Waals surface area contributed by atoms with Gasteiger partial charge in [0, 0.05) is 24.6 Å². The Morgan fingerprint density at radius 1 is 1.24 bits per heavy atom. The highest BCUT2D eigenvalue weighted by Crippen LogP contribution is 2.17. The summed E-state index contributed by atoms with van der Waals surface area (Å²) >= 11 is 0. The van der Waals surface area contributed by atoms with E-state index in [4.69, 9.17) is 0 Å². The summed E-state index contributed by atoms with van der Waals surface area (Å²) in [5, 5.41) is 0. The zero-order chi connectivity index (χ0) is 12.3. The molecule has 1 aromatic rings. The molecule has 0 bridgehead atoms. The molecule has 0 saturated carbocycles. The first-order valence-electron chi connectivity index (χ1n) is 5.71. The second-order valence-electron chi connectivity index (χ2n) is 4.27. The van der Waals surface area contributed by atoms with Crippen LogP contribution < -0.4 is 0 Å². The molecule has 0 atom stereocenters. The van der Waals surface area contributed by atoms with Gasteiger partial charge in [0.15, 0.2) is 0 Å². The van der Waals surface area contributed by atoms with Crippen LogP contribution in [0.5, 0.6) is 0 Å². The Bertz CT molecular complexity index is 408. The molecule has 1 amide bonds. The number of rotatable bonds is 2. The molecule has 90 valence electrons. The molecule has 0 radical (unpaired) electrons. The van der Waals surface area contributed by atoms with Gasteiger partial charge in [-0.3, -0.25) is 4.79 Å². The average molecular weight is 235 g/mol. The standard InChI is InChI=1S/C13H14FNO2/c14-12-3-1-11(2-4-12)13(17)15-7-5-10(9-16)6-8-15/h1-4,9-10H,5-8H2. The minimum absolute atomic E-state index is 0.0762. The minimum atomic E-state index is -0.346. The molecule has 0 N–H and O–H groups in total. The summed E-state index contributed by atoms with van der Waals surface area (Å²) in [7, 11) is 0. The third-order valence-electron chi connectivity index (χ3n) is 3.11. The van der Waals surface area contributed by atoms with Crippen LogP contribution in [0, 0.1) is 11.7 Å². The van der Waals surface area contributed by atoms with Crippen molar-refractivity contribution in [3.8, 4) is 0 Å². The van der Waals surface area contributed by atoms with Gasteiger partial charge in [-0.05, 0) is 37.1 Å². The molecule has 0 aromatic heterocycles. The number of halogens is 1. The van der Waals surface area contributed by atoms with Gasteiger partial charge in [0.1, 0.15) is 12.1 Å². The molecule has 4 heteroatoms. The van der Waals surface area contributed by atoms with Gasteiger partial charge in [0.2, 0.25) is 0 Å². The van der Waals surface area contributed by atoms with Gasteiger partial charge in [-0.1, -0.05) is 0 Å². The van der Waals surface area contributed by atoms with Crippen molar-refractivity contribution in [2.75, 3.05) is 13.1 Å². The van der Waals surface area contributed by atoms with Crippen LogP contribution in [0.25, 0.3) is 0 Å². The van der Waals surface area contributed by atoms with E-state index in [0.717, 1.165) is 19.1 Å². The molecule has 1 fully saturated rings. The third kappa shape index (κ3) is 2.70. The van der Waals surface area contributed by atoms with E-state index in [1.807, 2.05) is 0 Å². The number of amides is 1. The zero-order valence-electron chi connectivity index (χ0n) is 9.43. The van der Waals surface area contributed by atoms with Crippen molar-refractivity contribution in [1.29, 1.82) is 0 Å². The number of aldehydes is 1. The molecule has 0 spiro atoms. The first-order chi connectivity index (χ1) is 8.20. The molecule has 3 nitrogen and oxygen atoms in total. The van der Waals surface area contributed by atoms with Crippen molar-refractivity contribution in [1.82, 2.24) is 4.90 Å². The summed E-state index contributed by atoms with van der Waals surface area (Å²) < 4.78 is 12.7. The minimum Gasteiger partial charge on any atom is -0.339 e. The summed E-state index contributed by atoms with van der Waals surface area (Å²) in [5.74, 6) is -0.358. The number of likely N-dealkylation sites (tertiary alicyclic amines) is 1. The number of benzene rings is 1. The maximum atomic E-state index is 12.7. The third-order valence-corrected chi connectivity index (χ3v) is 3.11. The van der Waals surface area contributed by atoms with Crippen LogP contribution in [0.4, 0.5) is 4.39 Å². The average Bonchev–Trinajstić information content (AvgIpc) is 2.39. The number of hydrogen-bond donors (Lipinski definition) is 0. The van der Waals surface area contributed by atoms with E-state index in [1.54, 1.807) is 4.90 Å². The fourth-order valence-electron chi connectivity index (χ4n) is 2.01. The van der Waals surface area contributed by atoms with Crippen LogP contribution in [0.3, 0.4) is 0 Å². The lowest BCUT2D eigenvalue weighted by Gasteiger charge is -2.29. The Morgan fingerprint density at radius 2 is 1.82 bits per heavy atom. The molecule has 1 aromatic carbocycles. The van der Waals surface area contributed by atoms with Gasteiger partial charge >= 0.3 is 0 Å². The van der Waals surface area contributed by atoms with Crippen LogP contribution in [-0.4, -0.2) is 30.2 Å². The number of carbonyl (C=O) groups is 2. The highest BCUT2D eigenvalue weighted by atomic mass is 19.1. The van der Waals surface area contributed by atoms with Crippen LogP contribution in [0.2, 0.25) is 0 Å². The lowest BCUT2D eigenvalue weighted by molar-refractivity contribution is -0.112. The van der Waals surface area contributed by atoms with Crippen molar-refractivity contribution in [2.24, 2.45) is 5.92 Å². The monoisotopic (exact) mass is 235 g/mol. The smallest absolute Gasteiger partial charge is 0.253 e. The molecule has 1 aliphatic rings. The summed E-state index contributed by atoms with van der Waals surface area (Å²) in [6, 6.07) is 5.55. The lowest BCUT2D eigenvalue weighted by Crippen LogP contribution is -2.38. The number of piperidine rings is 1. The molecule has 0 unspecified atom stereocenters. The molecule has 1 heterocycles. The zero-order valence-corrected chi connectivity index (χ0v) is 9.43. The summed E-state index contributed by atoms with van der Waals surface area (Å²) in [6.07, 6.45) is 2.40. The normalized spacial score (nSPS) is 16.9. The van der Waals surface area contributed by atoms with E-state index in [0.29, 0.717) is 18.7 Å². The van der Waals surface area contributed by atoms with Crippen LogP contribution >= 0.6 is 0 Å². The van der Waals surface area contributed by atoms with Crippen molar-refractivity contribution in [3.05, 3.63) is 35.6 Å². The predicted octanol–water partition coefficient (Wildman–Crippen LogP) is 1.88. The first-order valence-corrected chi connectivity index (χ1v) is 5.71. The Balaban J connectivity index is 2.01. The van der Waals surface area contributed by atoms with Crippen LogP contribution in [-0.2, 0) is 4.79 Å². The van der Waals surface area contributed by atoms with E-state index in [1.165, 1.54) is 24.3 Å². The quantitative estimate of drug-likeness (QED) is 0.734. The number of hydrogen-bond acceptors (Lipinski definition) is 2.